The molecule has 0 heterocycles. The van der Waals surface area contributed by atoms with Crippen molar-refractivity contribution < 1.29 is 23.2 Å². The molecule has 0 saturated heterocycles. The number of nitrogens with one attached hydrogen (secondary N) is 1. The number of carbonyl (C=O) groups excluding carboxylic acids is 1. The highest BCUT2D eigenvalue weighted by atomic mass is 31.2. The summed E-state index contributed by atoms with van der Waals surface area (Å²) in [7, 11) is -2.02. The summed E-state index contributed by atoms with van der Waals surface area (Å²) >= 11 is 0. The third-order valence-corrected chi connectivity index (χ3v) is 6.22. The van der Waals surface area contributed by atoms with Crippen LogP contribution in [0.3, 0.4) is 0 Å². The van der Waals surface area contributed by atoms with Gasteiger partial charge in [-0.25, -0.2) is 5.48 Å². The van der Waals surface area contributed by atoms with Crippen molar-refractivity contribution in [3.8, 4) is 11.5 Å². The minimum atomic E-state index is -3.33. The molecule has 1 unspecified atom stereocenters. The molecule has 3 aromatic carbocycles. The van der Waals surface area contributed by atoms with Crippen molar-refractivity contribution in [1.82, 2.24) is 5.48 Å². The van der Waals surface area contributed by atoms with Gasteiger partial charge in [0.1, 0.15) is 11.5 Å². The van der Waals surface area contributed by atoms with E-state index in [9.17, 15) is 9.36 Å². The van der Waals surface area contributed by atoms with E-state index in [1.165, 1.54) is 7.11 Å². The highest BCUT2D eigenvalue weighted by Gasteiger charge is 2.24. The number of amides is 1. The average molecular weight is 413 g/mol. The maximum absolute atomic E-state index is 12.4. The number of rotatable bonds is 9. The molecule has 0 aliphatic carbocycles. The molecule has 1 N–H and O–H groups in total. The van der Waals surface area contributed by atoms with Crippen molar-refractivity contribution in [2.75, 3.05) is 13.3 Å². The van der Waals surface area contributed by atoms with Gasteiger partial charge in [-0.05, 0) is 42.1 Å². The maximum Gasteiger partial charge on any atom is 0.351 e. The molecule has 0 fully saturated rings. The molecule has 1 amide bonds. The first kappa shape index (κ1) is 21.1. The summed E-state index contributed by atoms with van der Waals surface area (Å²) in [6, 6.07) is 20.4. The highest BCUT2D eigenvalue weighted by Crippen LogP contribution is 2.47. The van der Waals surface area contributed by atoms with E-state index < -0.39 is 13.5 Å². The summed E-state index contributed by atoms with van der Waals surface area (Å²) in [4.78, 5) is 12.3. The Morgan fingerprint density at radius 3 is 2.45 bits per heavy atom. The Balaban J connectivity index is 1.65. The molecule has 0 aliphatic heterocycles. The second kappa shape index (κ2) is 9.70. The molecule has 152 valence electrons. The number of fused-ring (bicyclic) bond motifs is 1. The van der Waals surface area contributed by atoms with E-state index in [1.54, 1.807) is 24.3 Å². The molecule has 0 bridgehead atoms. The quantitative estimate of drug-likeness (QED) is 0.347. The lowest BCUT2D eigenvalue weighted by Crippen LogP contribution is -2.23. The number of hydroxylamine groups is 1. The van der Waals surface area contributed by atoms with Crippen LogP contribution in [0.5, 0.6) is 11.5 Å². The van der Waals surface area contributed by atoms with Gasteiger partial charge in [-0.3, -0.25) is 9.36 Å². The summed E-state index contributed by atoms with van der Waals surface area (Å²) in [6.45, 7) is 1.97. The van der Waals surface area contributed by atoms with Crippen LogP contribution in [0.2, 0.25) is 0 Å². The fourth-order valence-electron chi connectivity index (χ4n) is 2.78. The first-order chi connectivity index (χ1) is 14.0. The molecule has 3 rings (SSSR count). The standard InChI is InChI=1S/C22H24NO5P/c1-3-4-16-29(25,26-2)28-23-22(24)18-12-14-19(15-13-18)27-21-11-7-9-17-8-5-6-10-20(17)21/h5-15H,3-4,16H2,1-2H3,(H,23,24). The molecule has 7 heteroatoms. The molecule has 0 aliphatic rings. The minimum Gasteiger partial charge on any atom is -0.457 e. The number of benzene rings is 3. The van der Waals surface area contributed by atoms with E-state index in [0.717, 1.165) is 22.9 Å². The summed E-state index contributed by atoms with van der Waals surface area (Å²) in [5.41, 5.74) is 2.58. The van der Waals surface area contributed by atoms with Crippen LogP contribution in [0.25, 0.3) is 10.8 Å². The van der Waals surface area contributed by atoms with E-state index in [4.69, 9.17) is 13.9 Å². The van der Waals surface area contributed by atoms with Gasteiger partial charge in [-0.1, -0.05) is 49.7 Å². The van der Waals surface area contributed by atoms with E-state index >= 15 is 0 Å². The van der Waals surface area contributed by atoms with Crippen LogP contribution in [0.1, 0.15) is 30.1 Å². The van der Waals surface area contributed by atoms with Gasteiger partial charge in [-0.15, -0.1) is 0 Å². The lowest BCUT2D eigenvalue weighted by atomic mass is 10.1. The Labute approximate surface area is 170 Å². The zero-order valence-corrected chi connectivity index (χ0v) is 17.4. The van der Waals surface area contributed by atoms with Crippen LogP contribution in [-0.2, 0) is 13.7 Å². The second-order valence-electron chi connectivity index (χ2n) is 6.50. The van der Waals surface area contributed by atoms with Crippen LogP contribution in [0, 0.1) is 0 Å². The van der Waals surface area contributed by atoms with Crippen molar-refractivity contribution in [3.05, 3.63) is 72.3 Å². The molecule has 0 aromatic heterocycles. The molecule has 0 spiro atoms. The topological polar surface area (TPSA) is 73.9 Å². The molecule has 0 radical (unpaired) electrons. The predicted octanol–water partition coefficient (Wildman–Crippen LogP) is 5.93. The summed E-state index contributed by atoms with van der Waals surface area (Å²) in [5.74, 6) is 0.834. The van der Waals surface area contributed by atoms with E-state index in [2.05, 4.69) is 5.48 Å². The molecule has 29 heavy (non-hydrogen) atoms. The monoisotopic (exact) mass is 413 g/mol. The Kier molecular flexibility index (Phi) is 7.04. The SMILES string of the molecule is CCCCP(=O)(OC)ONC(=O)c1ccc(Oc2cccc3ccccc23)cc1. The lowest BCUT2D eigenvalue weighted by molar-refractivity contribution is 0.0718. The van der Waals surface area contributed by atoms with Gasteiger partial charge >= 0.3 is 7.60 Å². The fraction of sp³-hybridized carbons (Fsp3) is 0.227. The molecule has 1 atom stereocenters. The summed E-state index contributed by atoms with van der Waals surface area (Å²) < 4.78 is 28.4. The van der Waals surface area contributed by atoms with E-state index in [1.807, 2.05) is 49.4 Å². The lowest BCUT2D eigenvalue weighted by Gasteiger charge is -2.15. The summed E-state index contributed by atoms with van der Waals surface area (Å²) in [6.07, 6.45) is 1.78. The predicted molar refractivity (Wildman–Crippen MR) is 113 cm³/mol. The van der Waals surface area contributed by atoms with Crippen molar-refractivity contribution in [2.45, 2.75) is 19.8 Å². The Morgan fingerprint density at radius 2 is 1.72 bits per heavy atom. The number of carbonyl (C=O) groups is 1. The van der Waals surface area contributed by atoms with Crippen LogP contribution < -0.4 is 10.2 Å². The molecule has 6 nitrogen and oxygen atoms in total. The van der Waals surface area contributed by atoms with Gasteiger partial charge in [0.15, 0.2) is 0 Å². The Bertz CT molecular complexity index is 1010. The van der Waals surface area contributed by atoms with Crippen LogP contribution in [0.4, 0.5) is 0 Å². The van der Waals surface area contributed by atoms with Crippen molar-refractivity contribution in [1.29, 1.82) is 0 Å². The highest BCUT2D eigenvalue weighted by molar-refractivity contribution is 7.53. The summed E-state index contributed by atoms with van der Waals surface area (Å²) in [5, 5.41) is 2.09. The molecular weight excluding hydrogens is 389 g/mol. The third kappa shape index (κ3) is 5.45. The van der Waals surface area contributed by atoms with Crippen LogP contribution in [-0.4, -0.2) is 19.2 Å². The van der Waals surface area contributed by atoms with E-state index in [0.29, 0.717) is 17.7 Å². The normalized spacial score (nSPS) is 13.0. The largest absolute Gasteiger partial charge is 0.457 e. The van der Waals surface area contributed by atoms with Gasteiger partial charge < -0.3 is 9.26 Å². The molecular formula is C22H24NO5P. The Morgan fingerprint density at radius 1 is 1.00 bits per heavy atom. The maximum atomic E-state index is 12.4. The van der Waals surface area contributed by atoms with Crippen molar-refractivity contribution in [2.24, 2.45) is 0 Å². The Hall–Kier alpha value is -2.66. The van der Waals surface area contributed by atoms with Gasteiger partial charge in [-0.2, -0.15) is 4.62 Å². The second-order valence-corrected chi connectivity index (χ2v) is 8.71. The van der Waals surface area contributed by atoms with Crippen molar-refractivity contribution in [3.63, 3.8) is 0 Å². The van der Waals surface area contributed by atoms with Crippen LogP contribution >= 0.6 is 7.60 Å². The van der Waals surface area contributed by atoms with Gasteiger partial charge in [0.05, 0.1) is 6.16 Å². The number of ether oxygens (including phenoxy) is 1. The van der Waals surface area contributed by atoms with Gasteiger partial charge in [0.25, 0.3) is 5.91 Å². The molecule has 3 aromatic rings. The zero-order chi connectivity index (χ0) is 20.7. The fourth-order valence-corrected chi connectivity index (χ4v) is 4.06. The van der Waals surface area contributed by atoms with Gasteiger partial charge in [0.2, 0.25) is 0 Å². The minimum absolute atomic E-state index is 0.248. The number of hydrogen-bond donors (Lipinski definition) is 1. The smallest absolute Gasteiger partial charge is 0.351 e. The van der Waals surface area contributed by atoms with Crippen LogP contribution in [0.15, 0.2) is 66.7 Å². The average Bonchev–Trinajstić information content (AvgIpc) is 2.77. The van der Waals surface area contributed by atoms with Gasteiger partial charge in [0, 0.05) is 18.1 Å². The number of hydrogen-bond acceptors (Lipinski definition) is 5. The zero-order valence-electron chi connectivity index (χ0n) is 16.5. The number of unbranched alkanes of at least 4 members (excludes halogenated alkanes) is 1. The first-order valence-electron chi connectivity index (χ1n) is 9.44. The first-order valence-corrected chi connectivity index (χ1v) is 11.2. The van der Waals surface area contributed by atoms with Crippen molar-refractivity contribution >= 4 is 24.3 Å². The van der Waals surface area contributed by atoms with E-state index in [-0.39, 0.29) is 6.16 Å². The third-order valence-electron chi connectivity index (χ3n) is 4.44. The molecule has 0 saturated carbocycles.